The average molecular weight is 686 g/mol. The molecule has 5 aromatic rings. The maximum absolute atomic E-state index is 12.3. The van der Waals surface area contributed by atoms with Crippen molar-refractivity contribution in [3.63, 3.8) is 0 Å². The van der Waals surface area contributed by atoms with E-state index in [1.807, 2.05) is 55.5 Å². The molecule has 0 radical (unpaired) electrons. The molecule has 0 bridgehead atoms. The van der Waals surface area contributed by atoms with Crippen LogP contribution in [0.1, 0.15) is 65.9 Å². The molecule has 0 spiro atoms. The molecule has 0 aliphatic heterocycles. The second-order valence-electron chi connectivity index (χ2n) is 11.8. The monoisotopic (exact) mass is 685 g/mol. The fourth-order valence-corrected chi connectivity index (χ4v) is 5.19. The summed E-state index contributed by atoms with van der Waals surface area (Å²) in [5.41, 5.74) is 3.12. The standard InChI is InChI=1S/C34H35N7O9/c1-4-7-28-35-30(34(2,3)45)29(32(42)43)39(28)18-22-14-16-25(17-15-22)26-8-5-6-9-27(26)31-36-38-40(37-31)21-49-33(44)48-19-23-10-12-24(13-11-23)20-50-41(46)47/h5-6,8-17,45H,4,7,18-21H2,1-3H3,(H,42,43). The third-order valence-electron chi connectivity index (χ3n) is 7.54. The van der Waals surface area contributed by atoms with Gasteiger partial charge in [0.15, 0.2) is 5.69 Å². The van der Waals surface area contributed by atoms with Crippen LogP contribution in [-0.4, -0.2) is 57.2 Å². The summed E-state index contributed by atoms with van der Waals surface area (Å²) in [4.78, 5) is 44.7. The summed E-state index contributed by atoms with van der Waals surface area (Å²) in [7, 11) is 0. The number of hydrogen-bond donors (Lipinski definition) is 2. The number of carboxylic acids is 1. The van der Waals surface area contributed by atoms with Crippen LogP contribution in [0.25, 0.3) is 22.5 Å². The van der Waals surface area contributed by atoms with Crippen molar-refractivity contribution in [2.24, 2.45) is 0 Å². The maximum atomic E-state index is 12.3. The molecule has 0 unspecified atom stereocenters. The van der Waals surface area contributed by atoms with E-state index >= 15 is 0 Å². The van der Waals surface area contributed by atoms with Crippen molar-refractivity contribution in [2.75, 3.05) is 0 Å². The van der Waals surface area contributed by atoms with E-state index in [0.717, 1.165) is 27.9 Å². The highest BCUT2D eigenvalue weighted by Gasteiger charge is 2.31. The summed E-state index contributed by atoms with van der Waals surface area (Å²) in [6.45, 7) is 4.68. The van der Waals surface area contributed by atoms with E-state index in [-0.39, 0.29) is 37.9 Å². The molecule has 5 rings (SSSR count). The minimum Gasteiger partial charge on any atom is -0.477 e. The molecule has 0 saturated carbocycles. The second kappa shape index (κ2) is 15.4. The summed E-state index contributed by atoms with van der Waals surface area (Å²) < 4.78 is 11.9. The van der Waals surface area contributed by atoms with E-state index in [1.54, 1.807) is 28.8 Å². The lowest BCUT2D eigenvalue weighted by Gasteiger charge is -2.16. The molecule has 16 heteroatoms. The minimum absolute atomic E-state index is 0.0312. The molecular weight excluding hydrogens is 650 g/mol. The number of aryl methyl sites for hydroxylation is 1. The first-order valence-electron chi connectivity index (χ1n) is 15.6. The van der Waals surface area contributed by atoms with E-state index in [1.165, 1.54) is 13.8 Å². The van der Waals surface area contributed by atoms with Gasteiger partial charge in [-0.25, -0.2) is 14.6 Å². The molecule has 0 aliphatic rings. The third-order valence-corrected chi connectivity index (χ3v) is 7.54. The first-order chi connectivity index (χ1) is 23.9. The molecule has 2 aromatic heterocycles. The number of ether oxygens (including phenoxy) is 2. The molecule has 0 aliphatic carbocycles. The quantitative estimate of drug-likeness (QED) is 0.0832. The molecule has 0 saturated heterocycles. The zero-order valence-corrected chi connectivity index (χ0v) is 27.6. The number of carbonyl (C=O) groups excluding carboxylic acids is 1. The number of benzene rings is 3. The van der Waals surface area contributed by atoms with Gasteiger partial charge in [0.2, 0.25) is 12.6 Å². The SMILES string of the molecule is CCCc1nc(C(C)(C)O)c(C(=O)O)n1Cc1ccc(-c2ccccc2-c2nnn(COC(=O)OCc3ccc(CO[N+](=O)[O-])cc3)n2)cc1. The van der Waals surface area contributed by atoms with Gasteiger partial charge in [-0.3, -0.25) is 0 Å². The summed E-state index contributed by atoms with van der Waals surface area (Å²) in [6, 6.07) is 21.6. The molecule has 2 N–H and O–H groups in total. The van der Waals surface area contributed by atoms with Crippen LogP contribution in [0.3, 0.4) is 0 Å². The highest BCUT2D eigenvalue weighted by Crippen LogP contribution is 2.31. The Labute approximate surface area is 286 Å². The van der Waals surface area contributed by atoms with Crippen molar-refractivity contribution < 1.29 is 39.2 Å². The predicted octanol–water partition coefficient (Wildman–Crippen LogP) is 5.15. The molecule has 0 amide bonds. The summed E-state index contributed by atoms with van der Waals surface area (Å²) in [5.74, 6) is -0.259. The number of tetrazole rings is 1. The van der Waals surface area contributed by atoms with Gasteiger partial charge in [0.1, 0.15) is 30.3 Å². The lowest BCUT2D eigenvalue weighted by atomic mass is 9.98. The van der Waals surface area contributed by atoms with E-state index in [9.17, 15) is 29.9 Å². The van der Waals surface area contributed by atoms with Crippen LogP contribution < -0.4 is 0 Å². The number of hydrogen-bond acceptors (Lipinski definition) is 12. The normalized spacial score (nSPS) is 11.3. The maximum Gasteiger partial charge on any atom is 0.510 e. The van der Waals surface area contributed by atoms with Crippen molar-refractivity contribution in [2.45, 2.75) is 65.7 Å². The molecule has 16 nitrogen and oxygen atoms in total. The molecule has 0 atom stereocenters. The lowest BCUT2D eigenvalue weighted by Crippen LogP contribution is -2.22. The van der Waals surface area contributed by atoms with Crippen LogP contribution in [0, 0.1) is 10.1 Å². The minimum atomic E-state index is -1.42. The van der Waals surface area contributed by atoms with Crippen molar-refractivity contribution in [1.29, 1.82) is 0 Å². The van der Waals surface area contributed by atoms with E-state index in [4.69, 9.17) is 9.47 Å². The summed E-state index contributed by atoms with van der Waals surface area (Å²) >= 11 is 0. The highest BCUT2D eigenvalue weighted by atomic mass is 16.9. The lowest BCUT2D eigenvalue weighted by molar-refractivity contribution is -0.763. The number of aromatic nitrogens is 6. The Morgan fingerprint density at radius 2 is 1.56 bits per heavy atom. The van der Waals surface area contributed by atoms with Gasteiger partial charge < -0.3 is 29.1 Å². The third kappa shape index (κ3) is 8.65. The van der Waals surface area contributed by atoms with Gasteiger partial charge >= 0.3 is 12.1 Å². The number of carboxylic acid groups (broad SMARTS) is 1. The van der Waals surface area contributed by atoms with E-state index in [2.05, 4.69) is 25.2 Å². The smallest absolute Gasteiger partial charge is 0.477 e. The van der Waals surface area contributed by atoms with Gasteiger partial charge in [0.05, 0.1) is 0 Å². The fraction of sp³-hybridized carbons (Fsp3) is 0.294. The first kappa shape index (κ1) is 35.2. The van der Waals surface area contributed by atoms with Crippen LogP contribution in [0.2, 0.25) is 0 Å². The zero-order chi connectivity index (χ0) is 35.8. The summed E-state index contributed by atoms with van der Waals surface area (Å²) in [6.07, 6.45) is 0.369. The van der Waals surface area contributed by atoms with Gasteiger partial charge in [-0.15, -0.1) is 25.1 Å². The second-order valence-corrected chi connectivity index (χ2v) is 11.8. The largest absolute Gasteiger partial charge is 0.510 e. The Kier molecular flexibility index (Phi) is 10.8. The average Bonchev–Trinajstić information content (AvgIpc) is 3.72. The number of nitrogens with zero attached hydrogens (tertiary/aromatic N) is 7. The first-order valence-corrected chi connectivity index (χ1v) is 15.6. The number of carbonyl (C=O) groups is 2. The van der Waals surface area contributed by atoms with Crippen LogP contribution in [0.5, 0.6) is 0 Å². The Morgan fingerprint density at radius 3 is 2.18 bits per heavy atom. The van der Waals surface area contributed by atoms with Gasteiger partial charge in [0, 0.05) is 18.5 Å². The van der Waals surface area contributed by atoms with Crippen molar-refractivity contribution in [3.05, 3.63) is 117 Å². The molecule has 0 fully saturated rings. The number of aliphatic hydroxyl groups is 1. The van der Waals surface area contributed by atoms with Gasteiger partial charge in [0.25, 0.3) is 5.09 Å². The predicted molar refractivity (Wildman–Crippen MR) is 176 cm³/mol. The van der Waals surface area contributed by atoms with Gasteiger partial charge in [-0.1, -0.05) is 79.7 Å². The van der Waals surface area contributed by atoms with E-state index < -0.39 is 22.8 Å². The topological polar surface area (TPSA) is 207 Å². The van der Waals surface area contributed by atoms with Gasteiger partial charge in [-0.2, -0.15) is 0 Å². The Balaban J connectivity index is 1.23. The van der Waals surface area contributed by atoms with Crippen molar-refractivity contribution in [3.8, 4) is 22.5 Å². The molecule has 2 heterocycles. The van der Waals surface area contributed by atoms with Crippen molar-refractivity contribution in [1.82, 2.24) is 29.8 Å². The highest BCUT2D eigenvalue weighted by molar-refractivity contribution is 5.87. The van der Waals surface area contributed by atoms with E-state index in [0.29, 0.717) is 34.8 Å². The molecular formula is C34H35N7O9. The fourth-order valence-electron chi connectivity index (χ4n) is 5.19. The van der Waals surface area contributed by atoms with Crippen LogP contribution >= 0.6 is 0 Å². The van der Waals surface area contributed by atoms with Gasteiger partial charge in [-0.05, 0) is 53.3 Å². The Hall–Kier alpha value is -6.16. The Morgan fingerprint density at radius 1 is 0.920 bits per heavy atom. The molecule has 260 valence electrons. The Bertz CT molecular complexity index is 1960. The number of aromatic carboxylic acids is 1. The number of rotatable bonds is 15. The summed E-state index contributed by atoms with van der Waals surface area (Å²) in [5, 5.41) is 42.6. The van der Waals surface area contributed by atoms with Crippen molar-refractivity contribution >= 4 is 12.1 Å². The van der Waals surface area contributed by atoms with Crippen LogP contribution in [-0.2, 0) is 52.8 Å². The molecule has 3 aromatic carbocycles. The van der Waals surface area contributed by atoms with Crippen LogP contribution in [0.4, 0.5) is 4.79 Å². The number of imidazole rings is 1. The zero-order valence-electron chi connectivity index (χ0n) is 27.6. The van der Waals surface area contributed by atoms with Crippen LogP contribution in [0.15, 0.2) is 72.8 Å². The molecule has 50 heavy (non-hydrogen) atoms.